The van der Waals surface area contributed by atoms with Gasteiger partial charge in [-0.25, -0.2) is 14.4 Å². The predicted octanol–water partition coefficient (Wildman–Crippen LogP) is 3.67. The standard InChI is InChI=1S/C15H12ClFN4/c16-14-7-12(17)2-1-11(14)8-19-13-3-4-15(20-9-13)21-6-5-18-10-21/h1-7,9-10,19H,8H2. The van der Waals surface area contributed by atoms with Crippen LogP contribution in [0.3, 0.4) is 0 Å². The molecule has 0 unspecified atom stereocenters. The van der Waals surface area contributed by atoms with Gasteiger partial charge in [0, 0.05) is 24.0 Å². The van der Waals surface area contributed by atoms with Gasteiger partial charge in [0.05, 0.1) is 11.9 Å². The van der Waals surface area contributed by atoms with Crippen LogP contribution in [0.4, 0.5) is 10.1 Å². The van der Waals surface area contributed by atoms with Crippen LogP contribution in [0.2, 0.25) is 5.02 Å². The SMILES string of the molecule is Fc1ccc(CNc2ccc(-n3ccnc3)nc2)c(Cl)c1. The Morgan fingerprint density at radius 3 is 2.81 bits per heavy atom. The summed E-state index contributed by atoms with van der Waals surface area (Å²) in [4.78, 5) is 8.31. The Bertz CT molecular complexity index is 726. The summed E-state index contributed by atoms with van der Waals surface area (Å²) in [5.74, 6) is 0.452. The number of benzene rings is 1. The van der Waals surface area contributed by atoms with Gasteiger partial charge in [0.15, 0.2) is 0 Å². The number of nitrogens with one attached hydrogen (secondary N) is 1. The summed E-state index contributed by atoms with van der Waals surface area (Å²) in [6.45, 7) is 0.505. The molecule has 0 aliphatic heterocycles. The molecule has 3 aromatic rings. The minimum absolute atomic E-state index is 0.338. The zero-order valence-electron chi connectivity index (χ0n) is 11.0. The van der Waals surface area contributed by atoms with Crippen LogP contribution >= 0.6 is 11.6 Å². The fourth-order valence-corrected chi connectivity index (χ4v) is 2.13. The minimum atomic E-state index is -0.338. The number of halogens is 2. The summed E-state index contributed by atoms with van der Waals surface area (Å²) >= 11 is 5.98. The lowest BCUT2D eigenvalue weighted by atomic mass is 10.2. The normalized spacial score (nSPS) is 10.6. The fourth-order valence-electron chi connectivity index (χ4n) is 1.90. The van der Waals surface area contributed by atoms with E-state index in [-0.39, 0.29) is 5.82 Å². The molecule has 0 saturated carbocycles. The van der Waals surface area contributed by atoms with E-state index in [4.69, 9.17) is 11.6 Å². The first-order chi connectivity index (χ1) is 10.2. The average Bonchev–Trinajstić information content (AvgIpc) is 3.01. The summed E-state index contributed by atoms with van der Waals surface area (Å²) in [7, 11) is 0. The third-order valence-corrected chi connectivity index (χ3v) is 3.37. The number of aromatic nitrogens is 3. The van der Waals surface area contributed by atoms with Crippen molar-refractivity contribution in [3.63, 3.8) is 0 Å². The number of rotatable bonds is 4. The maximum atomic E-state index is 13.0. The molecular weight excluding hydrogens is 291 g/mol. The van der Waals surface area contributed by atoms with E-state index in [1.54, 1.807) is 24.8 Å². The maximum absolute atomic E-state index is 13.0. The van der Waals surface area contributed by atoms with Gasteiger partial charge in [0.2, 0.25) is 0 Å². The summed E-state index contributed by atoms with van der Waals surface area (Å²) in [5.41, 5.74) is 1.69. The Labute approximate surface area is 126 Å². The molecule has 0 spiro atoms. The molecule has 0 bridgehead atoms. The number of imidazole rings is 1. The van der Waals surface area contributed by atoms with E-state index in [2.05, 4.69) is 15.3 Å². The van der Waals surface area contributed by atoms with Crippen molar-refractivity contribution in [3.05, 3.63) is 71.7 Å². The molecule has 0 atom stereocenters. The lowest BCUT2D eigenvalue weighted by Crippen LogP contribution is -2.02. The molecule has 106 valence electrons. The second kappa shape index (κ2) is 5.93. The molecule has 21 heavy (non-hydrogen) atoms. The van der Waals surface area contributed by atoms with Gasteiger partial charge >= 0.3 is 0 Å². The zero-order valence-corrected chi connectivity index (χ0v) is 11.8. The van der Waals surface area contributed by atoms with E-state index >= 15 is 0 Å². The largest absolute Gasteiger partial charge is 0.380 e. The average molecular weight is 303 g/mol. The third kappa shape index (κ3) is 3.20. The Kier molecular flexibility index (Phi) is 3.83. The van der Waals surface area contributed by atoms with E-state index < -0.39 is 0 Å². The lowest BCUT2D eigenvalue weighted by molar-refractivity contribution is 0.627. The monoisotopic (exact) mass is 302 g/mol. The van der Waals surface area contributed by atoms with Gasteiger partial charge in [-0.1, -0.05) is 17.7 Å². The molecular formula is C15H12ClFN4. The molecule has 1 N–H and O–H groups in total. The highest BCUT2D eigenvalue weighted by atomic mass is 35.5. The summed E-state index contributed by atoms with van der Waals surface area (Å²) < 4.78 is 14.8. The van der Waals surface area contributed by atoms with Gasteiger partial charge in [-0.15, -0.1) is 0 Å². The minimum Gasteiger partial charge on any atom is -0.380 e. The summed E-state index contributed by atoms with van der Waals surface area (Å²) in [6, 6.07) is 8.16. The molecule has 2 aromatic heterocycles. The van der Waals surface area contributed by atoms with E-state index in [9.17, 15) is 4.39 Å². The molecule has 4 nitrogen and oxygen atoms in total. The van der Waals surface area contributed by atoms with Gasteiger partial charge in [-0.2, -0.15) is 0 Å². The van der Waals surface area contributed by atoms with Gasteiger partial charge in [-0.3, -0.25) is 4.57 Å². The highest BCUT2D eigenvalue weighted by Crippen LogP contribution is 2.19. The van der Waals surface area contributed by atoms with Crippen LogP contribution in [-0.2, 0) is 6.54 Å². The molecule has 0 aliphatic carbocycles. The number of anilines is 1. The predicted molar refractivity (Wildman–Crippen MR) is 80.1 cm³/mol. The second-order valence-electron chi connectivity index (χ2n) is 4.46. The van der Waals surface area contributed by atoms with E-state index in [1.807, 2.05) is 22.9 Å². The molecule has 6 heteroatoms. The molecule has 0 aliphatic rings. The number of pyridine rings is 1. The third-order valence-electron chi connectivity index (χ3n) is 3.01. The van der Waals surface area contributed by atoms with Crippen LogP contribution in [-0.4, -0.2) is 14.5 Å². The van der Waals surface area contributed by atoms with Crippen LogP contribution in [0.25, 0.3) is 5.82 Å². The van der Waals surface area contributed by atoms with E-state index in [0.29, 0.717) is 11.6 Å². The first kappa shape index (κ1) is 13.6. The van der Waals surface area contributed by atoms with Gasteiger partial charge < -0.3 is 5.32 Å². The number of hydrogen-bond donors (Lipinski definition) is 1. The van der Waals surface area contributed by atoms with E-state index in [0.717, 1.165) is 17.1 Å². The molecule has 0 amide bonds. The summed E-state index contributed by atoms with van der Waals surface area (Å²) in [6.07, 6.45) is 6.94. The molecule has 0 fully saturated rings. The molecule has 1 aromatic carbocycles. The van der Waals surface area contributed by atoms with Crippen LogP contribution in [0.1, 0.15) is 5.56 Å². The highest BCUT2D eigenvalue weighted by molar-refractivity contribution is 6.31. The van der Waals surface area contributed by atoms with Crippen molar-refractivity contribution < 1.29 is 4.39 Å². The quantitative estimate of drug-likeness (QED) is 0.799. The lowest BCUT2D eigenvalue weighted by Gasteiger charge is -2.09. The van der Waals surface area contributed by atoms with Crippen molar-refractivity contribution in [2.75, 3.05) is 5.32 Å². The van der Waals surface area contributed by atoms with Crippen molar-refractivity contribution in [3.8, 4) is 5.82 Å². The van der Waals surface area contributed by atoms with E-state index in [1.165, 1.54) is 12.1 Å². The smallest absolute Gasteiger partial charge is 0.137 e. The Hall–Kier alpha value is -2.40. The van der Waals surface area contributed by atoms with Crippen molar-refractivity contribution >= 4 is 17.3 Å². The van der Waals surface area contributed by atoms with Crippen LogP contribution < -0.4 is 5.32 Å². The van der Waals surface area contributed by atoms with Gasteiger partial charge in [0.25, 0.3) is 0 Å². The van der Waals surface area contributed by atoms with Crippen molar-refractivity contribution in [1.82, 2.24) is 14.5 Å². The topological polar surface area (TPSA) is 42.7 Å². The van der Waals surface area contributed by atoms with Gasteiger partial charge in [0.1, 0.15) is 18.0 Å². The number of hydrogen-bond acceptors (Lipinski definition) is 3. The molecule has 0 saturated heterocycles. The van der Waals surface area contributed by atoms with Crippen molar-refractivity contribution in [1.29, 1.82) is 0 Å². The second-order valence-corrected chi connectivity index (χ2v) is 4.87. The zero-order chi connectivity index (χ0) is 14.7. The number of nitrogens with zero attached hydrogens (tertiary/aromatic N) is 3. The Morgan fingerprint density at radius 1 is 1.24 bits per heavy atom. The first-order valence-corrected chi connectivity index (χ1v) is 6.72. The highest BCUT2D eigenvalue weighted by Gasteiger charge is 2.03. The van der Waals surface area contributed by atoms with Crippen LogP contribution in [0.5, 0.6) is 0 Å². The fraction of sp³-hybridized carbons (Fsp3) is 0.0667. The van der Waals surface area contributed by atoms with Crippen LogP contribution in [0, 0.1) is 5.82 Å². The molecule has 2 heterocycles. The Balaban J connectivity index is 1.68. The first-order valence-electron chi connectivity index (χ1n) is 6.34. The maximum Gasteiger partial charge on any atom is 0.137 e. The Morgan fingerprint density at radius 2 is 2.14 bits per heavy atom. The van der Waals surface area contributed by atoms with Crippen LogP contribution in [0.15, 0.2) is 55.2 Å². The molecule has 0 radical (unpaired) electrons. The van der Waals surface area contributed by atoms with Crippen molar-refractivity contribution in [2.24, 2.45) is 0 Å². The summed E-state index contributed by atoms with van der Waals surface area (Å²) in [5, 5.41) is 3.61. The molecule has 3 rings (SSSR count). The van der Waals surface area contributed by atoms with Crippen molar-refractivity contribution in [2.45, 2.75) is 6.54 Å². The van der Waals surface area contributed by atoms with Gasteiger partial charge in [-0.05, 0) is 29.8 Å².